The number of anilines is 2. The van der Waals surface area contributed by atoms with Gasteiger partial charge in [-0.05, 0) is 77.4 Å². The van der Waals surface area contributed by atoms with Crippen LogP contribution in [0.2, 0.25) is 0 Å². The zero-order chi connectivity index (χ0) is 39.9. The summed E-state index contributed by atoms with van der Waals surface area (Å²) < 4.78 is 6.12. The van der Waals surface area contributed by atoms with Gasteiger partial charge < -0.3 is 35.9 Å². The predicted molar refractivity (Wildman–Crippen MR) is 220 cm³/mol. The summed E-state index contributed by atoms with van der Waals surface area (Å²) in [5.41, 5.74) is 13.8. The van der Waals surface area contributed by atoms with Crippen LogP contribution in [-0.2, 0) is 6.54 Å². The molecule has 0 unspecified atom stereocenters. The van der Waals surface area contributed by atoms with Crippen LogP contribution < -0.4 is 16.4 Å². The van der Waals surface area contributed by atoms with Crippen molar-refractivity contribution in [3.63, 3.8) is 0 Å². The van der Waals surface area contributed by atoms with Crippen molar-refractivity contribution >= 4 is 51.2 Å². The zero-order valence-electron chi connectivity index (χ0n) is 31.0. The number of pyridine rings is 2. The summed E-state index contributed by atoms with van der Waals surface area (Å²) in [5.74, 6) is -1.15. The number of carbonyl (C=O) groups excluding carboxylic acids is 2. The molecule has 5 heterocycles. The first-order valence-electron chi connectivity index (χ1n) is 18.7. The molecule has 286 valence electrons. The van der Waals surface area contributed by atoms with E-state index in [1.54, 1.807) is 84.2 Å². The van der Waals surface area contributed by atoms with Crippen molar-refractivity contribution in [2.45, 2.75) is 6.54 Å². The van der Waals surface area contributed by atoms with Crippen LogP contribution >= 0.6 is 0 Å². The van der Waals surface area contributed by atoms with E-state index in [2.05, 4.69) is 49.4 Å². The number of fused-ring (bicyclic) bond motifs is 3. The van der Waals surface area contributed by atoms with Crippen molar-refractivity contribution in [2.24, 2.45) is 0 Å². The molecule has 2 amide bonds. The van der Waals surface area contributed by atoms with Crippen molar-refractivity contribution in [3.05, 3.63) is 149 Å². The maximum absolute atomic E-state index is 14.0. The van der Waals surface area contributed by atoms with Crippen LogP contribution in [0.3, 0.4) is 0 Å². The van der Waals surface area contributed by atoms with Crippen molar-refractivity contribution in [1.29, 1.82) is 5.41 Å². The van der Waals surface area contributed by atoms with Crippen LogP contribution in [0.25, 0.3) is 55.6 Å². The molecule has 0 radical (unpaired) electrons. The van der Waals surface area contributed by atoms with Crippen LogP contribution in [0, 0.1) is 5.41 Å². The van der Waals surface area contributed by atoms with Crippen LogP contribution in [0.15, 0.2) is 126 Å². The third kappa shape index (κ3) is 6.90. The molecule has 0 saturated carbocycles. The number of piperazine rings is 1. The smallest absolute Gasteiger partial charge is 0.336 e. The van der Waals surface area contributed by atoms with Crippen molar-refractivity contribution in [2.75, 3.05) is 37.2 Å². The lowest BCUT2D eigenvalue weighted by Gasteiger charge is -2.35. The van der Waals surface area contributed by atoms with Gasteiger partial charge in [0.1, 0.15) is 17.0 Å². The molecule has 3 aliphatic rings. The standard InChI is InChI=1S/C45H36N8O5/c46-31-8-11-34-39(20-31)58-40-21-32(47)9-12-35(40)41(34)36-18-28(7-10-33(36)45(56)57)44(55)53-16-14-52(15-17-53)25-26-3-5-27(6-4-26)30-19-37-38(24-50-42(37)49-23-30)51-43(54)29-2-1-13-48-22-29/h1-13,18-24,46H,14-17,25,47H2,(H,49,50)(H,51,54)(H,56,57). The van der Waals surface area contributed by atoms with E-state index in [9.17, 15) is 19.5 Å². The number of benzene rings is 4. The molecule has 1 fully saturated rings. The summed E-state index contributed by atoms with van der Waals surface area (Å²) in [7, 11) is 0. The van der Waals surface area contributed by atoms with Gasteiger partial charge in [-0.2, -0.15) is 0 Å². The number of H-pyrrole nitrogens is 1. The van der Waals surface area contributed by atoms with Crippen molar-refractivity contribution < 1.29 is 23.9 Å². The van der Waals surface area contributed by atoms with Gasteiger partial charge in [-0.25, -0.2) is 9.78 Å². The SMILES string of the molecule is N=c1ccc2c(-c3cc(C(=O)N4CCN(Cc5ccc(-c6cnc7[nH]cc(NC(=O)c8cccnc8)c7c6)cc5)CC4)ccc3C(=O)O)c3ccc(N)cc3oc-2c1. The molecule has 6 N–H and O–H groups in total. The number of nitrogens with two attached hydrogens (primary N) is 1. The summed E-state index contributed by atoms with van der Waals surface area (Å²) in [6, 6.07) is 28.6. The monoisotopic (exact) mass is 768 g/mol. The zero-order valence-corrected chi connectivity index (χ0v) is 31.0. The molecule has 2 aliphatic heterocycles. The van der Waals surface area contributed by atoms with Gasteiger partial charge in [0, 0.05) is 108 Å². The minimum absolute atomic E-state index is 0.0456. The Labute approximate surface area is 331 Å². The third-order valence-corrected chi connectivity index (χ3v) is 10.6. The molecule has 3 aromatic heterocycles. The average Bonchev–Trinajstić information content (AvgIpc) is 3.64. The summed E-state index contributed by atoms with van der Waals surface area (Å²) in [4.78, 5) is 55.2. The Morgan fingerprint density at radius 3 is 2.45 bits per heavy atom. The predicted octanol–water partition coefficient (Wildman–Crippen LogP) is 7.11. The highest BCUT2D eigenvalue weighted by molar-refractivity contribution is 6.10. The van der Waals surface area contributed by atoms with Crippen LogP contribution in [0.5, 0.6) is 0 Å². The topological polar surface area (TPSA) is 195 Å². The van der Waals surface area contributed by atoms with Crippen LogP contribution in [-0.4, -0.2) is 73.8 Å². The molecule has 13 nitrogen and oxygen atoms in total. The number of aromatic nitrogens is 3. The van der Waals surface area contributed by atoms with Gasteiger partial charge in [-0.15, -0.1) is 0 Å². The quantitative estimate of drug-likeness (QED) is 0.0791. The lowest BCUT2D eigenvalue weighted by Crippen LogP contribution is -2.48. The first-order chi connectivity index (χ1) is 28.2. The Bertz CT molecular complexity index is 2910. The van der Waals surface area contributed by atoms with Gasteiger partial charge >= 0.3 is 5.97 Å². The Balaban J connectivity index is 0.893. The third-order valence-electron chi connectivity index (χ3n) is 10.6. The number of aromatic amines is 1. The first kappa shape index (κ1) is 36.0. The molecule has 1 saturated heterocycles. The van der Waals surface area contributed by atoms with Crippen molar-refractivity contribution in [1.82, 2.24) is 24.8 Å². The van der Waals surface area contributed by atoms with Gasteiger partial charge in [-0.3, -0.25) is 19.5 Å². The molecule has 3 aromatic carbocycles. The minimum Gasteiger partial charge on any atom is -0.478 e. The number of carbonyl (C=O) groups is 3. The summed E-state index contributed by atoms with van der Waals surface area (Å²) in [6.45, 7) is 3.07. The second-order valence-electron chi connectivity index (χ2n) is 14.3. The molecule has 0 atom stereocenters. The molecule has 58 heavy (non-hydrogen) atoms. The van der Waals surface area contributed by atoms with Gasteiger partial charge in [0.15, 0.2) is 0 Å². The molecule has 1 aliphatic carbocycles. The molecule has 13 heteroatoms. The highest BCUT2D eigenvalue weighted by atomic mass is 16.4. The lowest BCUT2D eigenvalue weighted by atomic mass is 9.89. The second kappa shape index (κ2) is 14.8. The number of rotatable bonds is 8. The second-order valence-corrected chi connectivity index (χ2v) is 14.3. The van der Waals surface area contributed by atoms with E-state index in [4.69, 9.17) is 15.6 Å². The van der Waals surface area contributed by atoms with Crippen LogP contribution in [0.1, 0.15) is 36.6 Å². The van der Waals surface area contributed by atoms with E-state index in [0.717, 1.165) is 22.1 Å². The number of nitrogens with zero attached hydrogens (tertiary/aromatic N) is 4. The number of amides is 2. The molecular formula is C45H36N8O5. The minimum atomic E-state index is -1.12. The Morgan fingerprint density at radius 2 is 1.67 bits per heavy atom. The molecule has 0 bridgehead atoms. The first-order valence-corrected chi connectivity index (χ1v) is 18.7. The summed E-state index contributed by atoms with van der Waals surface area (Å²) >= 11 is 0. The highest BCUT2D eigenvalue weighted by Gasteiger charge is 2.26. The Hall–Kier alpha value is -7.64. The fourth-order valence-electron chi connectivity index (χ4n) is 7.58. The fourth-order valence-corrected chi connectivity index (χ4v) is 7.58. The highest BCUT2D eigenvalue weighted by Crippen LogP contribution is 2.42. The largest absolute Gasteiger partial charge is 0.478 e. The molecular weight excluding hydrogens is 733 g/mol. The number of hydrogen-bond donors (Lipinski definition) is 5. The van der Waals surface area contributed by atoms with E-state index in [1.807, 2.05) is 6.07 Å². The van der Waals surface area contributed by atoms with Crippen LogP contribution in [0.4, 0.5) is 11.4 Å². The number of hydrogen-bond acceptors (Lipinski definition) is 9. The normalized spacial score (nSPS) is 13.3. The number of nitrogen functional groups attached to an aromatic ring is 1. The number of nitrogens with one attached hydrogen (secondary N) is 3. The number of carboxylic acid groups (broad SMARTS) is 1. The van der Waals surface area contributed by atoms with Gasteiger partial charge in [0.2, 0.25) is 0 Å². The van der Waals surface area contributed by atoms with E-state index in [-0.39, 0.29) is 22.7 Å². The van der Waals surface area contributed by atoms with Crippen molar-refractivity contribution in [3.8, 4) is 33.6 Å². The Morgan fingerprint density at radius 1 is 0.845 bits per heavy atom. The Kier molecular flexibility index (Phi) is 9.18. The average molecular weight is 769 g/mol. The summed E-state index contributed by atoms with van der Waals surface area (Å²) in [6.07, 6.45) is 6.68. The van der Waals surface area contributed by atoms with Gasteiger partial charge in [0.05, 0.1) is 22.2 Å². The van der Waals surface area contributed by atoms with Gasteiger partial charge in [0.25, 0.3) is 11.8 Å². The summed E-state index contributed by atoms with van der Waals surface area (Å²) in [5, 5.41) is 23.0. The van der Waals surface area contributed by atoms with E-state index in [0.29, 0.717) is 94.3 Å². The number of aromatic carboxylic acids is 1. The number of carboxylic acids is 1. The van der Waals surface area contributed by atoms with E-state index in [1.165, 1.54) is 12.3 Å². The van der Waals surface area contributed by atoms with E-state index >= 15 is 0 Å². The molecule has 9 rings (SSSR count). The molecule has 6 aromatic rings. The van der Waals surface area contributed by atoms with E-state index < -0.39 is 5.97 Å². The fraction of sp³-hybridized carbons (Fsp3) is 0.111. The maximum Gasteiger partial charge on any atom is 0.336 e. The van der Waals surface area contributed by atoms with Gasteiger partial charge in [-0.1, -0.05) is 24.3 Å². The maximum atomic E-state index is 14.0. The molecule has 0 spiro atoms. The lowest BCUT2D eigenvalue weighted by molar-refractivity contribution is 0.0626.